The number of hydrogen-bond acceptors (Lipinski definition) is 7. The van der Waals surface area contributed by atoms with Crippen LogP contribution < -0.4 is 5.32 Å². The summed E-state index contributed by atoms with van der Waals surface area (Å²) in [5.41, 5.74) is 2.71. The van der Waals surface area contributed by atoms with Crippen LogP contribution in [0.25, 0.3) is 0 Å². The van der Waals surface area contributed by atoms with Crippen molar-refractivity contribution in [3.63, 3.8) is 0 Å². The first-order chi connectivity index (χ1) is 19.1. The summed E-state index contributed by atoms with van der Waals surface area (Å²) < 4.78 is 17.9. The van der Waals surface area contributed by atoms with Gasteiger partial charge in [0.05, 0.1) is 26.4 Å². The molecule has 1 aliphatic heterocycles. The fraction of sp³-hybridized carbons (Fsp3) is 0.387. The summed E-state index contributed by atoms with van der Waals surface area (Å²) in [4.78, 5) is 15.3. The van der Waals surface area contributed by atoms with Gasteiger partial charge in [0.15, 0.2) is 6.10 Å². The molecule has 1 heterocycles. The van der Waals surface area contributed by atoms with Crippen LogP contribution in [-0.2, 0) is 38.8 Å². The molecule has 0 bridgehead atoms. The van der Waals surface area contributed by atoms with Gasteiger partial charge in [0, 0.05) is 26.2 Å². The molecule has 3 N–H and O–H groups in total. The summed E-state index contributed by atoms with van der Waals surface area (Å²) in [6, 6.07) is 28.6. The molecular weight excluding hydrogens is 496 g/mol. The molecule has 0 aromatic heterocycles. The summed E-state index contributed by atoms with van der Waals surface area (Å²) in [7, 11) is 0. The van der Waals surface area contributed by atoms with Crippen molar-refractivity contribution in [2.75, 3.05) is 32.8 Å². The smallest absolute Gasteiger partial charge is 0.254 e. The summed E-state index contributed by atoms with van der Waals surface area (Å²) in [5, 5.41) is 26.0. The average molecular weight is 535 g/mol. The lowest BCUT2D eigenvalue weighted by Gasteiger charge is -2.36. The molecule has 0 spiro atoms. The average Bonchev–Trinajstić information content (AvgIpc) is 2.99. The van der Waals surface area contributed by atoms with Crippen LogP contribution in [0.15, 0.2) is 91.0 Å². The van der Waals surface area contributed by atoms with Crippen LogP contribution in [0, 0.1) is 0 Å². The molecule has 1 saturated heterocycles. The lowest BCUT2D eigenvalue weighted by atomic mass is 10.0. The second kappa shape index (κ2) is 15.5. The maximum absolute atomic E-state index is 13.6. The predicted octanol–water partition coefficient (Wildman–Crippen LogP) is 2.53. The quantitative estimate of drug-likeness (QED) is 0.292. The number of nitrogens with one attached hydrogen (secondary N) is 1. The number of rotatable bonds is 14. The monoisotopic (exact) mass is 534 g/mol. The van der Waals surface area contributed by atoms with E-state index in [4.69, 9.17) is 14.2 Å². The Hall–Kier alpha value is -3.11. The van der Waals surface area contributed by atoms with Gasteiger partial charge in [-0.25, -0.2) is 0 Å². The van der Waals surface area contributed by atoms with E-state index < -0.39 is 24.4 Å². The standard InChI is InChI=1S/C31H38N2O6/c34-27(23-37-20-24-10-4-1-5-11-24)29(38-21-25-12-6-2-7-13-25)28(35)30(31(36)33-18-16-32-17-19-33)39-22-26-14-8-3-9-15-26/h1-15,27-30,32,34-35H,16-23H2/t27-,28+,29-,30-/m1/s1. The van der Waals surface area contributed by atoms with E-state index in [0.29, 0.717) is 32.8 Å². The molecule has 0 radical (unpaired) electrons. The van der Waals surface area contributed by atoms with E-state index in [1.165, 1.54) is 0 Å². The van der Waals surface area contributed by atoms with Crippen molar-refractivity contribution in [2.45, 2.75) is 44.2 Å². The molecule has 8 nitrogen and oxygen atoms in total. The number of ether oxygens (including phenoxy) is 3. The van der Waals surface area contributed by atoms with Crippen LogP contribution in [0.5, 0.6) is 0 Å². The Kier molecular flexibility index (Phi) is 11.5. The van der Waals surface area contributed by atoms with Gasteiger partial charge in [-0.15, -0.1) is 0 Å². The van der Waals surface area contributed by atoms with E-state index in [1.54, 1.807) is 4.90 Å². The molecule has 4 rings (SSSR count). The molecule has 1 aliphatic rings. The number of nitrogens with zero attached hydrogens (tertiary/aromatic N) is 1. The fourth-order valence-electron chi connectivity index (χ4n) is 4.48. The van der Waals surface area contributed by atoms with Crippen molar-refractivity contribution >= 4 is 5.91 Å². The zero-order valence-corrected chi connectivity index (χ0v) is 22.1. The number of aliphatic hydroxyl groups excluding tert-OH is 2. The Bertz CT molecular complexity index is 1100. The van der Waals surface area contributed by atoms with Gasteiger partial charge in [-0.05, 0) is 16.7 Å². The first-order valence-corrected chi connectivity index (χ1v) is 13.4. The number of benzene rings is 3. The fourth-order valence-corrected chi connectivity index (χ4v) is 4.48. The number of carbonyl (C=O) groups excluding carboxylic acids is 1. The van der Waals surface area contributed by atoms with E-state index in [0.717, 1.165) is 16.7 Å². The third-order valence-electron chi connectivity index (χ3n) is 6.66. The molecule has 208 valence electrons. The van der Waals surface area contributed by atoms with Gasteiger partial charge in [-0.2, -0.15) is 0 Å². The number of piperazine rings is 1. The maximum atomic E-state index is 13.6. The number of hydrogen-bond donors (Lipinski definition) is 3. The first kappa shape index (κ1) is 28.9. The molecule has 1 amide bonds. The zero-order chi connectivity index (χ0) is 27.3. The summed E-state index contributed by atoms with van der Waals surface area (Å²) in [5.74, 6) is -0.328. The zero-order valence-electron chi connectivity index (χ0n) is 22.1. The lowest BCUT2D eigenvalue weighted by Crippen LogP contribution is -2.57. The van der Waals surface area contributed by atoms with E-state index in [9.17, 15) is 15.0 Å². The van der Waals surface area contributed by atoms with E-state index in [-0.39, 0.29) is 25.7 Å². The second-order valence-electron chi connectivity index (χ2n) is 9.61. The van der Waals surface area contributed by atoms with Gasteiger partial charge >= 0.3 is 0 Å². The third-order valence-corrected chi connectivity index (χ3v) is 6.66. The summed E-state index contributed by atoms with van der Waals surface area (Å²) >= 11 is 0. The maximum Gasteiger partial charge on any atom is 0.254 e. The molecule has 1 fully saturated rings. The third kappa shape index (κ3) is 8.96. The van der Waals surface area contributed by atoms with E-state index >= 15 is 0 Å². The molecular formula is C31H38N2O6. The Labute approximate surface area is 230 Å². The van der Waals surface area contributed by atoms with Gasteiger partial charge in [0.1, 0.15) is 18.3 Å². The molecule has 39 heavy (non-hydrogen) atoms. The molecule has 4 atom stereocenters. The predicted molar refractivity (Wildman–Crippen MR) is 148 cm³/mol. The highest BCUT2D eigenvalue weighted by Crippen LogP contribution is 2.19. The first-order valence-electron chi connectivity index (χ1n) is 13.4. The van der Waals surface area contributed by atoms with Crippen LogP contribution >= 0.6 is 0 Å². The molecule has 3 aromatic rings. The van der Waals surface area contributed by atoms with Crippen LogP contribution in [-0.4, -0.2) is 78.2 Å². The topological polar surface area (TPSA) is 100 Å². The largest absolute Gasteiger partial charge is 0.388 e. The van der Waals surface area contributed by atoms with Crippen molar-refractivity contribution < 1.29 is 29.2 Å². The van der Waals surface area contributed by atoms with Crippen molar-refractivity contribution in [1.29, 1.82) is 0 Å². The Balaban J connectivity index is 1.50. The highest BCUT2D eigenvalue weighted by Gasteiger charge is 2.40. The van der Waals surface area contributed by atoms with Crippen LogP contribution in [0.3, 0.4) is 0 Å². The van der Waals surface area contributed by atoms with E-state index in [2.05, 4.69) is 5.32 Å². The highest BCUT2D eigenvalue weighted by molar-refractivity contribution is 5.82. The minimum atomic E-state index is -1.44. The summed E-state index contributed by atoms with van der Waals surface area (Å²) in [6.07, 6.45) is -5.00. The van der Waals surface area contributed by atoms with Crippen LogP contribution in [0.2, 0.25) is 0 Å². The van der Waals surface area contributed by atoms with Gasteiger partial charge in [0.25, 0.3) is 5.91 Å². The SMILES string of the molecule is O=C([C@H](OCc1ccccc1)[C@@H](O)[C@H](OCc1ccccc1)[C@H](O)COCc1ccccc1)N1CCNCC1. The molecule has 0 unspecified atom stereocenters. The molecule has 3 aromatic carbocycles. The normalized spacial score (nSPS) is 16.8. The Morgan fingerprint density at radius 3 is 1.77 bits per heavy atom. The number of amides is 1. The summed E-state index contributed by atoms with van der Waals surface area (Å²) in [6.45, 7) is 2.84. The molecule has 8 heteroatoms. The second-order valence-corrected chi connectivity index (χ2v) is 9.61. The molecule has 0 saturated carbocycles. The van der Waals surface area contributed by atoms with Gasteiger partial charge in [-0.1, -0.05) is 91.0 Å². The van der Waals surface area contributed by atoms with Crippen molar-refractivity contribution in [3.8, 4) is 0 Å². The van der Waals surface area contributed by atoms with E-state index in [1.807, 2.05) is 91.0 Å². The van der Waals surface area contributed by atoms with Crippen molar-refractivity contribution in [2.24, 2.45) is 0 Å². The Morgan fingerprint density at radius 1 is 0.744 bits per heavy atom. The van der Waals surface area contributed by atoms with Crippen LogP contribution in [0.1, 0.15) is 16.7 Å². The number of aliphatic hydroxyl groups is 2. The molecule has 0 aliphatic carbocycles. The van der Waals surface area contributed by atoms with Crippen molar-refractivity contribution in [1.82, 2.24) is 10.2 Å². The lowest BCUT2D eigenvalue weighted by molar-refractivity contribution is -0.181. The minimum absolute atomic E-state index is 0.0847. The Morgan fingerprint density at radius 2 is 1.23 bits per heavy atom. The van der Waals surface area contributed by atoms with Gasteiger partial charge in [-0.3, -0.25) is 4.79 Å². The number of carbonyl (C=O) groups is 1. The highest BCUT2D eigenvalue weighted by atomic mass is 16.5. The van der Waals surface area contributed by atoms with Gasteiger partial charge < -0.3 is 34.6 Å². The van der Waals surface area contributed by atoms with Crippen LogP contribution in [0.4, 0.5) is 0 Å². The van der Waals surface area contributed by atoms with Gasteiger partial charge in [0.2, 0.25) is 0 Å². The van der Waals surface area contributed by atoms with Crippen molar-refractivity contribution in [3.05, 3.63) is 108 Å². The minimum Gasteiger partial charge on any atom is -0.388 e.